The molecule has 0 radical (unpaired) electrons. The largest absolute Gasteiger partial charge is 0.352 e. The number of halogens is 1. The monoisotopic (exact) mass is 619 g/mol. The SMILES string of the molecule is CC(C)NC(=O)[C@@H](C)NC(=O)C(C)(C)c1ccc2nc(C(NC(=O)c3ccnn3C)C(c3ccccc3Cl)C(C)C)[nH]c2c1. The van der Waals surface area contributed by atoms with Crippen LogP contribution in [0.15, 0.2) is 54.7 Å². The molecule has 0 saturated carbocycles. The Morgan fingerprint density at radius 2 is 1.66 bits per heavy atom. The second-order valence-corrected chi connectivity index (χ2v) is 12.8. The van der Waals surface area contributed by atoms with Gasteiger partial charge in [-0.3, -0.25) is 19.1 Å². The molecular weight excluding hydrogens is 578 g/mol. The summed E-state index contributed by atoms with van der Waals surface area (Å²) in [6.45, 7) is 13.2. The van der Waals surface area contributed by atoms with Gasteiger partial charge in [-0.25, -0.2) is 4.98 Å². The Morgan fingerprint density at radius 3 is 2.27 bits per heavy atom. The lowest BCUT2D eigenvalue weighted by Gasteiger charge is -2.31. The number of carbonyl (C=O) groups excluding carboxylic acids is 3. The number of imidazole rings is 1. The molecule has 0 aliphatic rings. The Kier molecular flexibility index (Phi) is 9.83. The Hall–Kier alpha value is -4.18. The maximum Gasteiger partial charge on any atom is 0.270 e. The van der Waals surface area contributed by atoms with E-state index in [1.54, 1.807) is 26.2 Å². The van der Waals surface area contributed by atoms with Crippen LogP contribution >= 0.6 is 11.6 Å². The number of carbonyl (C=O) groups is 3. The quantitative estimate of drug-likeness (QED) is 0.184. The molecule has 0 bridgehead atoms. The number of benzene rings is 2. The molecule has 0 spiro atoms. The van der Waals surface area contributed by atoms with Crippen molar-refractivity contribution in [1.82, 2.24) is 35.7 Å². The highest BCUT2D eigenvalue weighted by molar-refractivity contribution is 6.31. The number of aryl methyl sites for hydroxylation is 1. The van der Waals surface area contributed by atoms with E-state index in [-0.39, 0.29) is 35.6 Å². The molecule has 2 heterocycles. The molecule has 2 aromatic heterocycles. The molecule has 234 valence electrons. The van der Waals surface area contributed by atoms with Crippen LogP contribution in [0.4, 0.5) is 0 Å². The highest BCUT2D eigenvalue weighted by Crippen LogP contribution is 2.40. The van der Waals surface area contributed by atoms with Gasteiger partial charge in [-0.1, -0.05) is 49.7 Å². The third-order valence-corrected chi connectivity index (χ3v) is 8.28. The maximum atomic E-state index is 13.5. The normalized spacial score (nSPS) is 14.0. The van der Waals surface area contributed by atoms with Gasteiger partial charge in [-0.2, -0.15) is 5.10 Å². The number of hydrogen-bond donors (Lipinski definition) is 4. The molecule has 3 atom stereocenters. The first-order chi connectivity index (χ1) is 20.7. The molecule has 3 amide bonds. The summed E-state index contributed by atoms with van der Waals surface area (Å²) in [5, 5.41) is 13.6. The van der Waals surface area contributed by atoms with E-state index in [9.17, 15) is 14.4 Å². The first-order valence-corrected chi connectivity index (χ1v) is 15.2. The van der Waals surface area contributed by atoms with Crippen molar-refractivity contribution < 1.29 is 14.4 Å². The minimum Gasteiger partial charge on any atom is -0.352 e. The van der Waals surface area contributed by atoms with E-state index in [4.69, 9.17) is 16.6 Å². The second-order valence-electron chi connectivity index (χ2n) is 12.4. The summed E-state index contributed by atoms with van der Waals surface area (Å²) in [5.74, 6) is -0.386. The van der Waals surface area contributed by atoms with Gasteiger partial charge in [0.15, 0.2) is 0 Å². The van der Waals surface area contributed by atoms with Crippen LogP contribution in [-0.2, 0) is 22.1 Å². The van der Waals surface area contributed by atoms with Gasteiger partial charge < -0.3 is 20.9 Å². The van der Waals surface area contributed by atoms with E-state index in [1.165, 1.54) is 4.68 Å². The van der Waals surface area contributed by atoms with Gasteiger partial charge in [-0.05, 0) is 75.9 Å². The minimum absolute atomic E-state index is 0.0298. The number of nitrogens with zero attached hydrogens (tertiary/aromatic N) is 3. The van der Waals surface area contributed by atoms with Crippen LogP contribution in [0, 0.1) is 5.92 Å². The van der Waals surface area contributed by atoms with Gasteiger partial charge in [0, 0.05) is 30.2 Å². The molecule has 2 aromatic carbocycles. The smallest absolute Gasteiger partial charge is 0.270 e. The molecule has 4 aromatic rings. The molecule has 0 fully saturated rings. The Labute approximate surface area is 263 Å². The van der Waals surface area contributed by atoms with Gasteiger partial charge in [0.1, 0.15) is 17.6 Å². The molecule has 4 N–H and O–H groups in total. The van der Waals surface area contributed by atoms with Gasteiger partial charge in [0.2, 0.25) is 11.8 Å². The van der Waals surface area contributed by atoms with E-state index in [2.05, 4.69) is 39.9 Å². The molecule has 44 heavy (non-hydrogen) atoms. The van der Waals surface area contributed by atoms with Crippen LogP contribution in [0.3, 0.4) is 0 Å². The van der Waals surface area contributed by atoms with Gasteiger partial charge in [0.05, 0.1) is 22.5 Å². The fraction of sp³-hybridized carbons (Fsp3) is 0.424. The zero-order chi connectivity index (χ0) is 32.3. The number of aromatic nitrogens is 4. The van der Waals surface area contributed by atoms with Crippen LogP contribution < -0.4 is 16.0 Å². The molecule has 0 saturated heterocycles. The summed E-state index contributed by atoms with van der Waals surface area (Å²) in [4.78, 5) is 47.6. The summed E-state index contributed by atoms with van der Waals surface area (Å²) in [6.07, 6.45) is 1.58. The minimum atomic E-state index is -0.947. The predicted molar refractivity (Wildman–Crippen MR) is 172 cm³/mol. The van der Waals surface area contributed by atoms with Crippen LogP contribution in [0.5, 0.6) is 0 Å². The number of amides is 3. The molecule has 0 aliphatic carbocycles. The van der Waals surface area contributed by atoms with Crippen LogP contribution in [-0.4, -0.2) is 49.6 Å². The molecular formula is C33H42ClN7O3. The van der Waals surface area contributed by atoms with Crippen molar-refractivity contribution in [1.29, 1.82) is 0 Å². The van der Waals surface area contributed by atoms with Crippen molar-refractivity contribution in [3.8, 4) is 0 Å². The molecule has 4 rings (SSSR count). The Bertz CT molecular complexity index is 1660. The lowest BCUT2D eigenvalue weighted by molar-refractivity contribution is -0.131. The average Bonchev–Trinajstić information content (AvgIpc) is 3.58. The zero-order valence-corrected chi connectivity index (χ0v) is 27.3. The second kappa shape index (κ2) is 13.2. The first-order valence-electron chi connectivity index (χ1n) is 14.9. The van der Waals surface area contributed by atoms with E-state index in [1.807, 2.05) is 70.2 Å². The van der Waals surface area contributed by atoms with Crippen molar-refractivity contribution in [3.05, 3.63) is 82.4 Å². The van der Waals surface area contributed by atoms with Crippen molar-refractivity contribution in [2.45, 2.75) is 77.9 Å². The third-order valence-electron chi connectivity index (χ3n) is 7.94. The fourth-order valence-corrected chi connectivity index (χ4v) is 5.62. The predicted octanol–water partition coefficient (Wildman–Crippen LogP) is 5.17. The molecule has 10 nitrogen and oxygen atoms in total. The number of hydrogen-bond acceptors (Lipinski definition) is 5. The van der Waals surface area contributed by atoms with Crippen LogP contribution in [0.25, 0.3) is 11.0 Å². The maximum absolute atomic E-state index is 13.5. The van der Waals surface area contributed by atoms with E-state index >= 15 is 0 Å². The molecule has 0 aliphatic heterocycles. The third kappa shape index (κ3) is 6.96. The standard InChI is InChI=1S/C33H42ClN7O3/c1-18(2)27(22-11-9-10-12-23(22)34)28(40-31(43)26-15-16-35-41(26)8)29-38-24-14-13-21(17-25(24)39-29)33(6,7)32(44)37-20(5)30(42)36-19(3)4/h9-20,27-28H,1-8H3,(H,36,42)(H,37,44)(H,38,39)(H,40,43)/t20-,27?,28?/m1/s1. The lowest BCUT2D eigenvalue weighted by Crippen LogP contribution is -2.51. The summed E-state index contributed by atoms with van der Waals surface area (Å²) in [7, 11) is 1.72. The summed E-state index contributed by atoms with van der Waals surface area (Å²) in [6, 6.07) is 13.6. The van der Waals surface area contributed by atoms with Crippen molar-refractivity contribution >= 4 is 40.4 Å². The van der Waals surface area contributed by atoms with Gasteiger partial charge >= 0.3 is 0 Å². The summed E-state index contributed by atoms with van der Waals surface area (Å²) < 4.78 is 1.53. The van der Waals surface area contributed by atoms with E-state index in [0.717, 1.165) is 11.1 Å². The molecule has 2 unspecified atom stereocenters. The van der Waals surface area contributed by atoms with E-state index in [0.29, 0.717) is 27.6 Å². The topological polar surface area (TPSA) is 134 Å². The van der Waals surface area contributed by atoms with Crippen LogP contribution in [0.1, 0.15) is 87.9 Å². The highest BCUT2D eigenvalue weighted by Gasteiger charge is 2.35. The van der Waals surface area contributed by atoms with Crippen molar-refractivity contribution in [3.63, 3.8) is 0 Å². The zero-order valence-electron chi connectivity index (χ0n) is 26.5. The van der Waals surface area contributed by atoms with E-state index < -0.39 is 17.5 Å². The lowest BCUT2D eigenvalue weighted by atomic mass is 9.81. The summed E-state index contributed by atoms with van der Waals surface area (Å²) in [5.41, 5.74) is 2.51. The number of H-pyrrole nitrogens is 1. The van der Waals surface area contributed by atoms with Crippen molar-refractivity contribution in [2.24, 2.45) is 13.0 Å². The average molecular weight is 620 g/mol. The first kappa shape index (κ1) is 32.7. The fourth-order valence-electron chi connectivity index (χ4n) is 5.36. The Morgan fingerprint density at radius 1 is 0.955 bits per heavy atom. The number of aromatic amines is 1. The number of fused-ring (bicyclic) bond motifs is 1. The van der Waals surface area contributed by atoms with Crippen molar-refractivity contribution in [2.75, 3.05) is 0 Å². The number of nitrogens with one attached hydrogen (secondary N) is 4. The summed E-state index contributed by atoms with van der Waals surface area (Å²) >= 11 is 6.69. The molecule has 11 heteroatoms. The van der Waals surface area contributed by atoms with Gasteiger partial charge in [0.25, 0.3) is 5.91 Å². The number of rotatable bonds is 11. The van der Waals surface area contributed by atoms with Gasteiger partial charge in [-0.15, -0.1) is 0 Å². The van der Waals surface area contributed by atoms with Crippen LogP contribution in [0.2, 0.25) is 5.02 Å². The Balaban J connectivity index is 1.72. The highest BCUT2D eigenvalue weighted by atomic mass is 35.5.